The van der Waals surface area contributed by atoms with Crippen molar-refractivity contribution in [2.45, 2.75) is 13.5 Å². The molecule has 122 valence electrons. The van der Waals surface area contributed by atoms with E-state index in [0.717, 1.165) is 23.4 Å². The van der Waals surface area contributed by atoms with Gasteiger partial charge in [0, 0.05) is 37.1 Å². The molecule has 0 amide bonds. The second kappa shape index (κ2) is 7.50. The smallest absolute Gasteiger partial charge is 0.225 e. The molecule has 5 nitrogen and oxygen atoms in total. The Kier molecular flexibility index (Phi) is 4.96. The van der Waals surface area contributed by atoms with Gasteiger partial charge in [-0.3, -0.25) is 4.98 Å². The summed E-state index contributed by atoms with van der Waals surface area (Å²) in [4.78, 5) is 13.0. The lowest BCUT2D eigenvalue weighted by molar-refractivity contribution is 0.627. The highest BCUT2D eigenvalue weighted by Crippen LogP contribution is 2.21. The third-order valence-corrected chi connectivity index (χ3v) is 3.42. The first-order valence-electron chi connectivity index (χ1n) is 7.76. The fraction of sp³-hybridized carbons (Fsp3) is 0.167. The highest BCUT2D eigenvalue weighted by molar-refractivity contribution is 5.63. The first kappa shape index (κ1) is 15.9. The van der Waals surface area contributed by atoms with Crippen molar-refractivity contribution in [3.05, 3.63) is 66.2 Å². The van der Waals surface area contributed by atoms with E-state index in [1.54, 1.807) is 24.5 Å². The van der Waals surface area contributed by atoms with Crippen molar-refractivity contribution in [2.75, 3.05) is 17.2 Å². The molecule has 6 heteroatoms. The van der Waals surface area contributed by atoms with E-state index < -0.39 is 0 Å². The molecule has 0 atom stereocenters. The van der Waals surface area contributed by atoms with Crippen LogP contribution in [0.1, 0.15) is 12.5 Å². The Balaban J connectivity index is 1.83. The predicted octanol–water partition coefficient (Wildman–Crippen LogP) is 3.72. The van der Waals surface area contributed by atoms with Crippen LogP contribution in [0.2, 0.25) is 0 Å². The van der Waals surface area contributed by atoms with Crippen molar-refractivity contribution in [3.63, 3.8) is 0 Å². The van der Waals surface area contributed by atoms with Crippen LogP contribution in [-0.4, -0.2) is 21.5 Å². The Bertz CT molecular complexity index is 790. The van der Waals surface area contributed by atoms with Crippen LogP contribution in [-0.2, 0) is 6.54 Å². The number of rotatable bonds is 6. The molecule has 0 radical (unpaired) electrons. The predicted molar refractivity (Wildman–Crippen MR) is 93.2 cm³/mol. The van der Waals surface area contributed by atoms with Gasteiger partial charge in [-0.1, -0.05) is 12.1 Å². The van der Waals surface area contributed by atoms with Gasteiger partial charge in [0.25, 0.3) is 0 Å². The van der Waals surface area contributed by atoms with Gasteiger partial charge in [0.2, 0.25) is 5.95 Å². The molecule has 0 bridgehead atoms. The molecular formula is C18H18FN5. The molecule has 1 aromatic carbocycles. The Morgan fingerprint density at radius 1 is 0.958 bits per heavy atom. The molecule has 0 fully saturated rings. The summed E-state index contributed by atoms with van der Waals surface area (Å²) >= 11 is 0. The quantitative estimate of drug-likeness (QED) is 0.724. The third-order valence-electron chi connectivity index (χ3n) is 3.42. The van der Waals surface area contributed by atoms with Gasteiger partial charge in [0.1, 0.15) is 11.6 Å². The number of aromatic nitrogens is 3. The summed E-state index contributed by atoms with van der Waals surface area (Å²) in [6, 6.07) is 12.1. The van der Waals surface area contributed by atoms with Gasteiger partial charge in [-0.25, -0.2) is 9.37 Å². The van der Waals surface area contributed by atoms with Crippen LogP contribution in [0, 0.1) is 5.82 Å². The molecule has 0 unspecified atom stereocenters. The number of nitrogens with one attached hydrogen (secondary N) is 2. The number of hydrogen-bond donors (Lipinski definition) is 2. The van der Waals surface area contributed by atoms with Gasteiger partial charge in [0.15, 0.2) is 0 Å². The van der Waals surface area contributed by atoms with E-state index in [9.17, 15) is 4.39 Å². The number of anilines is 2. The fourth-order valence-corrected chi connectivity index (χ4v) is 2.24. The molecule has 0 aliphatic heterocycles. The lowest BCUT2D eigenvalue weighted by Crippen LogP contribution is -2.07. The molecule has 0 aliphatic rings. The van der Waals surface area contributed by atoms with Crippen LogP contribution in [0.15, 0.2) is 54.9 Å². The number of nitrogens with zero attached hydrogens (tertiary/aromatic N) is 3. The van der Waals surface area contributed by atoms with Crippen LogP contribution in [0.25, 0.3) is 11.3 Å². The Morgan fingerprint density at radius 2 is 1.71 bits per heavy atom. The second-order valence-electron chi connectivity index (χ2n) is 5.21. The van der Waals surface area contributed by atoms with Crippen molar-refractivity contribution < 1.29 is 4.39 Å². The highest BCUT2D eigenvalue weighted by atomic mass is 19.1. The molecule has 0 saturated carbocycles. The third kappa shape index (κ3) is 4.04. The van der Waals surface area contributed by atoms with Crippen molar-refractivity contribution in [3.8, 4) is 11.3 Å². The van der Waals surface area contributed by atoms with E-state index in [1.165, 1.54) is 12.1 Å². The van der Waals surface area contributed by atoms with Crippen LogP contribution >= 0.6 is 0 Å². The molecule has 2 N–H and O–H groups in total. The first-order chi connectivity index (χ1) is 11.7. The standard InChI is InChI=1S/C18H18FN5/c1-2-21-18-23-16(14-7-9-20-10-8-14)11-17(24-18)22-12-13-3-5-15(19)6-4-13/h3-11H,2,12H2,1H3,(H2,21,22,23,24). The van der Waals surface area contributed by atoms with Crippen LogP contribution < -0.4 is 10.6 Å². The van der Waals surface area contributed by atoms with E-state index in [4.69, 9.17) is 0 Å². The van der Waals surface area contributed by atoms with E-state index in [2.05, 4.69) is 25.6 Å². The van der Waals surface area contributed by atoms with Crippen LogP contribution in [0.4, 0.5) is 16.2 Å². The van der Waals surface area contributed by atoms with Gasteiger partial charge in [-0.2, -0.15) is 4.98 Å². The van der Waals surface area contributed by atoms with Crippen molar-refractivity contribution in [1.29, 1.82) is 0 Å². The van der Waals surface area contributed by atoms with Crippen molar-refractivity contribution >= 4 is 11.8 Å². The molecular weight excluding hydrogens is 305 g/mol. The zero-order chi connectivity index (χ0) is 16.8. The van der Waals surface area contributed by atoms with Crippen LogP contribution in [0.3, 0.4) is 0 Å². The maximum absolute atomic E-state index is 13.0. The summed E-state index contributed by atoms with van der Waals surface area (Å²) in [6.07, 6.45) is 3.46. The minimum Gasteiger partial charge on any atom is -0.366 e. The minimum atomic E-state index is -0.241. The summed E-state index contributed by atoms with van der Waals surface area (Å²) in [7, 11) is 0. The molecule has 2 heterocycles. The maximum atomic E-state index is 13.0. The van der Waals surface area contributed by atoms with Gasteiger partial charge in [-0.15, -0.1) is 0 Å². The van der Waals surface area contributed by atoms with E-state index in [-0.39, 0.29) is 5.82 Å². The van der Waals surface area contributed by atoms with Crippen molar-refractivity contribution in [1.82, 2.24) is 15.0 Å². The lowest BCUT2D eigenvalue weighted by Gasteiger charge is -2.11. The number of benzene rings is 1. The molecule has 0 spiro atoms. The molecule has 2 aromatic heterocycles. The SMILES string of the molecule is CCNc1nc(NCc2ccc(F)cc2)cc(-c2ccncc2)n1. The monoisotopic (exact) mass is 323 g/mol. The number of hydrogen-bond acceptors (Lipinski definition) is 5. The molecule has 0 aliphatic carbocycles. The normalized spacial score (nSPS) is 10.4. The Hall–Kier alpha value is -3.02. The second-order valence-corrected chi connectivity index (χ2v) is 5.21. The van der Waals surface area contributed by atoms with E-state index in [1.807, 2.05) is 25.1 Å². The molecule has 3 rings (SSSR count). The molecule has 0 saturated heterocycles. The first-order valence-corrected chi connectivity index (χ1v) is 7.76. The summed E-state index contributed by atoms with van der Waals surface area (Å²) in [5.41, 5.74) is 2.76. The van der Waals surface area contributed by atoms with Gasteiger partial charge >= 0.3 is 0 Å². The average molecular weight is 323 g/mol. The number of halogens is 1. The summed E-state index contributed by atoms with van der Waals surface area (Å²) in [5, 5.41) is 6.40. The van der Waals surface area contributed by atoms with Crippen LogP contribution in [0.5, 0.6) is 0 Å². The van der Waals surface area contributed by atoms with E-state index >= 15 is 0 Å². The fourth-order valence-electron chi connectivity index (χ4n) is 2.24. The summed E-state index contributed by atoms with van der Waals surface area (Å²) < 4.78 is 13.0. The summed E-state index contributed by atoms with van der Waals surface area (Å²) in [6.45, 7) is 3.28. The van der Waals surface area contributed by atoms with Gasteiger partial charge < -0.3 is 10.6 Å². The lowest BCUT2D eigenvalue weighted by atomic mass is 10.2. The zero-order valence-electron chi connectivity index (χ0n) is 13.3. The Labute approximate surface area is 140 Å². The minimum absolute atomic E-state index is 0.241. The Morgan fingerprint density at radius 3 is 2.42 bits per heavy atom. The van der Waals surface area contributed by atoms with Gasteiger partial charge in [0.05, 0.1) is 5.69 Å². The largest absolute Gasteiger partial charge is 0.366 e. The summed E-state index contributed by atoms with van der Waals surface area (Å²) in [5.74, 6) is 1.03. The maximum Gasteiger partial charge on any atom is 0.225 e. The molecule has 24 heavy (non-hydrogen) atoms. The van der Waals surface area contributed by atoms with E-state index in [0.29, 0.717) is 18.3 Å². The number of pyridine rings is 1. The average Bonchev–Trinajstić information content (AvgIpc) is 2.62. The molecule has 3 aromatic rings. The zero-order valence-corrected chi connectivity index (χ0v) is 13.3. The topological polar surface area (TPSA) is 62.7 Å². The highest BCUT2D eigenvalue weighted by Gasteiger charge is 2.06. The van der Waals surface area contributed by atoms with Gasteiger partial charge in [-0.05, 0) is 36.8 Å². The van der Waals surface area contributed by atoms with Crippen molar-refractivity contribution in [2.24, 2.45) is 0 Å².